The molecule has 0 saturated carbocycles. The highest BCUT2D eigenvalue weighted by molar-refractivity contribution is 5.63. The fourth-order valence-electron chi connectivity index (χ4n) is 1.35. The van der Waals surface area contributed by atoms with Crippen molar-refractivity contribution in [3.8, 4) is 11.4 Å². The Labute approximate surface area is 81.4 Å². The number of aromatic hydroxyl groups is 1. The monoisotopic (exact) mass is 189 g/mol. The summed E-state index contributed by atoms with van der Waals surface area (Å²) in [6.07, 6.45) is 1.68. The number of aromatic nitrogens is 1. The summed E-state index contributed by atoms with van der Waals surface area (Å²) in [4.78, 5) is 0. The lowest BCUT2D eigenvalue weighted by Gasteiger charge is -2.08. The minimum Gasteiger partial charge on any atom is -0.504 e. The average Bonchev–Trinajstić information content (AvgIpc) is 2.49. The highest BCUT2D eigenvalue weighted by Gasteiger charge is 2.07. The first-order valence-corrected chi connectivity index (χ1v) is 4.21. The summed E-state index contributed by atoms with van der Waals surface area (Å²) in [6, 6.07) is 8.86. The maximum Gasteiger partial charge on any atom is 0.157 e. The van der Waals surface area contributed by atoms with Gasteiger partial charge in [-0.1, -0.05) is 12.1 Å². The van der Waals surface area contributed by atoms with Crippen LogP contribution in [-0.2, 0) is 0 Å². The van der Waals surface area contributed by atoms with Crippen molar-refractivity contribution in [3.63, 3.8) is 0 Å². The van der Waals surface area contributed by atoms with E-state index in [4.69, 9.17) is 11.5 Å². The largest absolute Gasteiger partial charge is 0.504 e. The molecular weight excluding hydrogens is 178 g/mol. The summed E-state index contributed by atoms with van der Waals surface area (Å²) in [5.74, 6) is 0.358. The molecule has 2 aromatic rings. The van der Waals surface area contributed by atoms with Crippen LogP contribution in [0.25, 0.3) is 5.69 Å². The second-order valence-corrected chi connectivity index (χ2v) is 3.02. The second kappa shape index (κ2) is 2.99. The predicted octanol–water partition coefficient (Wildman–Crippen LogP) is 1.35. The Morgan fingerprint density at radius 2 is 1.79 bits per heavy atom. The fraction of sp³-hybridized carbons (Fsp3) is 0. The van der Waals surface area contributed by atoms with Gasteiger partial charge in [0.1, 0.15) is 0 Å². The maximum atomic E-state index is 9.31. The Hall–Kier alpha value is -2.10. The van der Waals surface area contributed by atoms with E-state index < -0.39 is 0 Å². The van der Waals surface area contributed by atoms with Crippen LogP contribution in [-0.4, -0.2) is 9.67 Å². The first-order chi connectivity index (χ1) is 6.70. The molecule has 14 heavy (non-hydrogen) atoms. The molecule has 0 aliphatic rings. The Morgan fingerprint density at radius 3 is 2.36 bits per heavy atom. The molecule has 1 heterocycles. The highest BCUT2D eigenvalue weighted by atomic mass is 16.3. The third-order valence-corrected chi connectivity index (χ3v) is 2.10. The Morgan fingerprint density at radius 1 is 1.07 bits per heavy atom. The van der Waals surface area contributed by atoms with Gasteiger partial charge in [-0.3, -0.25) is 4.57 Å². The summed E-state index contributed by atoms with van der Waals surface area (Å²) in [5, 5.41) is 9.31. The zero-order chi connectivity index (χ0) is 10.1. The number of nitrogens with two attached hydrogens (primary N) is 2. The number of para-hydroxylation sites is 2. The van der Waals surface area contributed by atoms with Gasteiger partial charge in [0.25, 0.3) is 0 Å². The van der Waals surface area contributed by atoms with Crippen molar-refractivity contribution in [2.75, 3.05) is 11.5 Å². The molecular formula is C10H11N3O. The van der Waals surface area contributed by atoms with Crippen LogP contribution in [0.4, 0.5) is 11.5 Å². The number of hydrogen-bond donors (Lipinski definition) is 3. The maximum absolute atomic E-state index is 9.31. The van der Waals surface area contributed by atoms with E-state index >= 15 is 0 Å². The molecule has 0 aliphatic heterocycles. The molecule has 72 valence electrons. The zero-order valence-electron chi connectivity index (χ0n) is 7.51. The number of nitrogen functional groups attached to an aromatic ring is 2. The molecule has 4 heteroatoms. The molecule has 0 atom stereocenters. The minimum atomic E-state index is 0.0632. The van der Waals surface area contributed by atoms with E-state index in [0.717, 1.165) is 5.69 Å². The van der Waals surface area contributed by atoms with Crippen molar-refractivity contribution in [2.45, 2.75) is 0 Å². The normalized spacial score (nSPS) is 10.3. The summed E-state index contributed by atoms with van der Waals surface area (Å²) in [6.45, 7) is 0. The lowest BCUT2D eigenvalue weighted by Crippen LogP contribution is -2.01. The summed E-state index contributed by atoms with van der Waals surface area (Å²) in [5.41, 5.74) is 12.8. The second-order valence-electron chi connectivity index (χ2n) is 3.02. The van der Waals surface area contributed by atoms with Crippen LogP contribution in [0.2, 0.25) is 0 Å². The number of nitrogens with zero attached hydrogens (tertiary/aromatic N) is 1. The van der Waals surface area contributed by atoms with Crippen LogP contribution in [0.3, 0.4) is 0 Å². The fourth-order valence-corrected chi connectivity index (χ4v) is 1.35. The Bertz CT molecular complexity index is 462. The van der Waals surface area contributed by atoms with Gasteiger partial charge in [0.2, 0.25) is 0 Å². The minimum absolute atomic E-state index is 0.0632. The van der Waals surface area contributed by atoms with Gasteiger partial charge < -0.3 is 16.6 Å². The average molecular weight is 189 g/mol. The molecule has 5 N–H and O–H groups in total. The molecule has 0 amide bonds. The van der Waals surface area contributed by atoms with Crippen molar-refractivity contribution >= 4 is 11.5 Å². The van der Waals surface area contributed by atoms with Crippen LogP contribution in [0.1, 0.15) is 0 Å². The Balaban J connectivity index is 2.60. The van der Waals surface area contributed by atoms with Crippen molar-refractivity contribution in [1.82, 2.24) is 4.57 Å². The molecule has 0 spiro atoms. The Kier molecular flexibility index (Phi) is 1.81. The van der Waals surface area contributed by atoms with Crippen molar-refractivity contribution in [1.29, 1.82) is 0 Å². The van der Waals surface area contributed by atoms with Gasteiger partial charge in [-0.05, 0) is 12.1 Å². The van der Waals surface area contributed by atoms with Gasteiger partial charge in [-0.2, -0.15) is 0 Å². The standard InChI is InChI=1S/C10H11N3O/c11-7-3-1-2-4-8(7)13-6-5-9(14)10(13)12/h1-6,14H,11-12H2. The number of benzene rings is 1. The molecule has 0 fully saturated rings. The lowest BCUT2D eigenvalue weighted by molar-refractivity contribution is 0.478. The summed E-state index contributed by atoms with van der Waals surface area (Å²) < 4.78 is 1.64. The highest BCUT2D eigenvalue weighted by Crippen LogP contribution is 2.27. The van der Waals surface area contributed by atoms with Gasteiger partial charge in [0.15, 0.2) is 11.6 Å². The van der Waals surface area contributed by atoms with E-state index in [9.17, 15) is 5.11 Å². The van der Waals surface area contributed by atoms with Gasteiger partial charge in [-0.25, -0.2) is 0 Å². The molecule has 0 radical (unpaired) electrons. The summed E-state index contributed by atoms with van der Waals surface area (Å²) in [7, 11) is 0. The van der Waals surface area contributed by atoms with E-state index in [2.05, 4.69) is 0 Å². The quantitative estimate of drug-likeness (QED) is 0.592. The molecule has 1 aromatic heterocycles. The van der Waals surface area contributed by atoms with Crippen molar-refractivity contribution < 1.29 is 5.11 Å². The molecule has 1 aromatic carbocycles. The first-order valence-electron chi connectivity index (χ1n) is 4.21. The van der Waals surface area contributed by atoms with Crippen LogP contribution in [0, 0.1) is 0 Å². The SMILES string of the molecule is Nc1ccccc1-n1ccc(O)c1N. The molecule has 0 unspecified atom stereocenters. The van der Waals surface area contributed by atoms with E-state index in [1.54, 1.807) is 16.8 Å². The topological polar surface area (TPSA) is 77.2 Å². The van der Waals surface area contributed by atoms with Crippen molar-refractivity contribution in [3.05, 3.63) is 36.5 Å². The lowest BCUT2D eigenvalue weighted by atomic mass is 10.2. The smallest absolute Gasteiger partial charge is 0.157 e. The van der Waals surface area contributed by atoms with Crippen molar-refractivity contribution in [2.24, 2.45) is 0 Å². The predicted molar refractivity (Wildman–Crippen MR) is 56.3 cm³/mol. The molecule has 0 bridgehead atoms. The third kappa shape index (κ3) is 1.17. The van der Waals surface area contributed by atoms with Crippen LogP contribution >= 0.6 is 0 Å². The van der Waals surface area contributed by atoms with E-state index in [-0.39, 0.29) is 5.75 Å². The number of anilines is 2. The van der Waals surface area contributed by atoms with Gasteiger partial charge in [0.05, 0.1) is 11.4 Å². The summed E-state index contributed by atoms with van der Waals surface area (Å²) >= 11 is 0. The van der Waals surface area contributed by atoms with Crippen LogP contribution < -0.4 is 11.5 Å². The van der Waals surface area contributed by atoms with E-state index in [1.165, 1.54) is 6.07 Å². The number of rotatable bonds is 1. The molecule has 0 saturated heterocycles. The molecule has 2 rings (SSSR count). The van der Waals surface area contributed by atoms with Gasteiger partial charge in [-0.15, -0.1) is 0 Å². The third-order valence-electron chi connectivity index (χ3n) is 2.10. The molecule has 4 nitrogen and oxygen atoms in total. The van der Waals surface area contributed by atoms with Gasteiger partial charge >= 0.3 is 0 Å². The van der Waals surface area contributed by atoms with Gasteiger partial charge in [0, 0.05) is 12.3 Å². The van der Waals surface area contributed by atoms with Crippen LogP contribution in [0.5, 0.6) is 5.75 Å². The van der Waals surface area contributed by atoms with Crippen LogP contribution in [0.15, 0.2) is 36.5 Å². The van der Waals surface area contributed by atoms with E-state index in [0.29, 0.717) is 11.5 Å². The number of hydrogen-bond acceptors (Lipinski definition) is 3. The van der Waals surface area contributed by atoms with E-state index in [1.807, 2.05) is 18.2 Å². The zero-order valence-corrected chi connectivity index (χ0v) is 7.51. The molecule has 0 aliphatic carbocycles. The first kappa shape index (κ1) is 8.50.